The first kappa shape index (κ1) is 15.0. The van der Waals surface area contributed by atoms with Crippen LogP contribution in [0.25, 0.3) is 0 Å². The second kappa shape index (κ2) is 5.93. The van der Waals surface area contributed by atoms with Crippen molar-refractivity contribution in [1.29, 1.82) is 0 Å². The molecule has 0 spiro atoms. The Morgan fingerprint density at radius 1 is 1.10 bits per heavy atom. The number of halogens is 3. The second-order valence-corrected chi connectivity index (χ2v) is 5.36. The first-order valence-electron chi connectivity index (χ1n) is 6.19. The summed E-state index contributed by atoms with van der Waals surface area (Å²) in [7, 11) is 0. The van der Waals surface area contributed by atoms with Crippen molar-refractivity contribution < 1.29 is 13.2 Å². The van der Waals surface area contributed by atoms with Gasteiger partial charge in [0, 0.05) is 17.5 Å². The Hall–Kier alpha value is -1.40. The first-order chi connectivity index (χ1) is 9.38. The summed E-state index contributed by atoms with van der Waals surface area (Å²) < 4.78 is 37.5. The SMILES string of the molecule is CC(NC(C)c1cscn1)c1ccc(C(F)(F)F)cc1. The van der Waals surface area contributed by atoms with Crippen molar-refractivity contribution in [3.63, 3.8) is 0 Å². The predicted octanol–water partition coefficient (Wildman–Crippen LogP) is 4.57. The lowest BCUT2D eigenvalue weighted by Gasteiger charge is -2.19. The van der Waals surface area contributed by atoms with Gasteiger partial charge < -0.3 is 5.32 Å². The molecule has 0 aliphatic rings. The van der Waals surface area contributed by atoms with E-state index in [1.807, 2.05) is 19.2 Å². The molecule has 2 aromatic rings. The van der Waals surface area contributed by atoms with Gasteiger partial charge in [0.05, 0.1) is 16.8 Å². The Morgan fingerprint density at radius 2 is 1.75 bits per heavy atom. The van der Waals surface area contributed by atoms with E-state index in [2.05, 4.69) is 10.3 Å². The summed E-state index contributed by atoms with van der Waals surface area (Å²) in [5.41, 5.74) is 2.89. The maximum Gasteiger partial charge on any atom is 0.416 e. The molecule has 0 radical (unpaired) electrons. The zero-order valence-corrected chi connectivity index (χ0v) is 11.9. The van der Waals surface area contributed by atoms with E-state index in [0.717, 1.165) is 23.4 Å². The molecule has 1 N–H and O–H groups in total. The fourth-order valence-corrected chi connectivity index (χ4v) is 2.60. The van der Waals surface area contributed by atoms with Crippen molar-refractivity contribution in [2.75, 3.05) is 0 Å². The fraction of sp³-hybridized carbons (Fsp3) is 0.357. The average Bonchev–Trinajstić information content (AvgIpc) is 2.91. The van der Waals surface area contributed by atoms with E-state index in [9.17, 15) is 13.2 Å². The molecule has 108 valence electrons. The molecule has 1 heterocycles. The van der Waals surface area contributed by atoms with Crippen LogP contribution in [0.1, 0.15) is 42.8 Å². The van der Waals surface area contributed by atoms with Crippen LogP contribution in [0.5, 0.6) is 0 Å². The van der Waals surface area contributed by atoms with Crippen LogP contribution >= 0.6 is 11.3 Å². The van der Waals surface area contributed by atoms with Crippen LogP contribution in [0.4, 0.5) is 13.2 Å². The van der Waals surface area contributed by atoms with Crippen molar-refractivity contribution in [2.24, 2.45) is 0 Å². The highest BCUT2D eigenvalue weighted by molar-refractivity contribution is 7.07. The third kappa shape index (κ3) is 3.58. The maximum atomic E-state index is 12.5. The van der Waals surface area contributed by atoms with Gasteiger partial charge in [0.1, 0.15) is 0 Å². The Balaban J connectivity index is 2.04. The van der Waals surface area contributed by atoms with Crippen LogP contribution in [0.2, 0.25) is 0 Å². The zero-order valence-electron chi connectivity index (χ0n) is 11.1. The van der Waals surface area contributed by atoms with E-state index in [1.165, 1.54) is 23.5 Å². The van der Waals surface area contributed by atoms with Gasteiger partial charge in [0.25, 0.3) is 0 Å². The van der Waals surface area contributed by atoms with Crippen LogP contribution in [0.3, 0.4) is 0 Å². The summed E-state index contributed by atoms with van der Waals surface area (Å²) in [6.07, 6.45) is -4.29. The number of rotatable bonds is 4. The van der Waals surface area contributed by atoms with Crippen molar-refractivity contribution in [3.05, 3.63) is 52.0 Å². The van der Waals surface area contributed by atoms with Gasteiger partial charge in [-0.25, -0.2) is 4.98 Å². The summed E-state index contributed by atoms with van der Waals surface area (Å²) in [5, 5.41) is 5.28. The predicted molar refractivity (Wildman–Crippen MR) is 73.5 cm³/mol. The Morgan fingerprint density at radius 3 is 2.25 bits per heavy atom. The third-order valence-corrected chi connectivity index (χ3v) is 3.74. The van der Waals surface area contributed by atoms with Gasteiger partial charge >= 0.3 is 6.18 Å². The Kier molecular flexibility index (Phi) is 4.45. The molecule has 2 atom stereocenters. The highest BCUT2D eigenvalue weighted by Gasteiger charge is 2.30. The van der Waals surface area contributed by atoms with E-state index in [1.54, 1.807) is 5.51 Å². The first-order valence-corrected chi connectivity index (χ1v) is 7.13. The van der Waals surface area contributed by atoms with E-state index < -0.39 is 11.7 Å². The maximum absolute atomic E-state index is 12.5. The summed E-state index contributed by atoms with van der Waals surface area (Å²) in [6.45, 7) is 3.90. The summed E-state index contributed by atoms with van der Waals surface area (Å²) in [4.78, 5) is 4.22. The van der Waals surface area contributed by atoms with Crippen molar-refractivity contribution in [3.8, 4) is 0 Å². The van der Waals surface area contributed by atoms with Crippen LogP contribution in [0, 0.1) is 0 Å². The van der Waals surface area contributed by atoms with E-state index in [-0.39, 0.29) is 12.1 Å². The monoisotopic (exact) mass is 300 g/mol. The molecule has 2 rings (SSSR count). The number of thiazole rings is 1. The molecule has 1 aromatic heterocycles. The quantitative estimate of drug-likeness (QED) is 0.894. The van der Waals surface area contributed by atoms with E-state index in [4.69, 9.17) is 0 Å². The molecule has 0 amide bonds. The fourth-order valence-electron chi connectivity index (χ4n) is 1.95. The zero-order chi connectivity index (χ0) is 14.8. The normalized spacial score (nSPS) is 15.1. The van der Waals surface area contributed by atoms with E-state index in [0.29, 0.717) is 0 Å². The van der Waals surface area contributed by atoms with Crippen molar-refractivity contribution in [2.45, 2.75) is 32.1 Å². The molecule has 20 heavy (non-hydrogen) atoms. The van der Waals surface area contributed by atoms with Gasteiger partial charge in [-0.2, -0.15) is 13.2 Å². The molecule has 0 aliphatic heterocycles. The van der Waals surface area contributed by atoms with Gasteiger partial charge in [-0.3, -0.25) is 0 Å². The van der Waals surface area contributed by atoms with Crippen molar-refractivity contribution >= 4 is 11.3 Å². The van der Waals surface area contributed by atoms with Gasteiger partial charge in [-0.05, 0) is 31.5 Å². The van der Waals surface area contributed by atoms with Crippen LogP contribution < -0.4 is 5.32 Å². The minimum absolute atomic E-state index is 0.0472. The van der Waals surface area contributed by atoms with Gasteiger partial charge in [0.2, 0.25) is 0 Å². The number of nitrogens with one attached hydrogen (secondary N) is 1. The summed E-state index contributed by atoms with van der Waals surface area (Å²) >= 11 is 1.52. The molecule has 0 bridgehead atoms. The molecular formula is C14H15F3N2S. The molecule has 1 aromatic carbocycles. The standard InChI is InChI=1S/C14H15F3N2S/c1-9(19-10(2)13-7-20-8-18-13)11-3-5-12(6-4-11)14(15,16)17/h3-10,19H,1-2H3. The smallest absolute Gasteiger partial charge is 0.302 e. The molecule has 2 unspecified atom stereocenters. The minimum atomic E-state index is -4.29. The molecular weight excluding hydrogens is 285 g/mol. The third-order valence-electron chi connectivity index (χ3n) is 3.13. The highest BCUT2D eigenvalue weighted by Crippen LogP contribution is 2.30. The van der Waals surface area contributed by atoms with Crippen molar-refractivity contribution in [1.82, 2.24) is 10.3 Å². The number of benzene rings is 1. The molecule has 0 fully saturated rings. The van der Waals surface area contributed by atoms with Gasteiger partial charge in [-0.15, -0.1) is 11.3 Å². The molecule has 6 heteroatoms. The molecule has 0 saturated heterocycles. The van der Waals surface area contributed by atoms with Gasteiger partial charge in [0.15, 0.2) is 0 Å². The number of hydrogen-bond donors (Lipinski definition) is 1. The summed E-state index contributed by atoms with van der Waals surface area (Å²) in [5.74, 6) is 0. The number of aromatic nitrogens is 1. The minimum Gasteiger partial charge on any atom is -0.302 e. The van der Waals surface area contributed by atoms with Crippen LogP contribution in [-0.4, -0.2) is 4.98 Å². The second-order valence-electron chi connectivity index (χ2n) is 4.64. The Bertz CT molecular complexity index is 535. The lowest BCUT2D eigenvalue weighted by molar-refractivity contribution is -0.137. The number of nitrogens with zero attached hydrogens (tertiary/aromatic N) is 1. The number of alkyl halides is 3. The molecule has 0 aliphatic carbocycles. The van der Waals surface area contributed by atoms with E-state index >= 15 is 0 Å². The Labute approximate surface area is 119 Å². The van der Waals surface area contributed by atoms with Gasteiger partial charge in [-0.1, -0.05) is 12.1 Å². The lowest BCUT2D eigenvalue weighted by Crippen LogP contribution is -2.22. The molecule has 2 nitrogen and oxygen atoms in total. The summed E-state index contributed by atoms with van der Waals surface area (Å²) in [6, 6.07) is 5.25. The van der Waals surface area contributed by atoms with Crippen LogP contribution in [-0.2, 0) is 6.18 Å². The lowest BCUT2D eigenvalue weighted by atomic mass is 10.0. The molecule has 0 saturated carbocycles. The number of hydrogen-bond acceptors (Lipinski definition) is 3. The average molecular weight is 300 g/mol. The largest absolute Gasteiger partial charge is 0.416 e. The topological polar surface area (TPSA) is 24.9 Å². The highest BCUT2D eigenvalue weighted by atomic mass is 32.1. The van der Waals surface area contributed by atoms with Crippen LogP contribution in [0.15, 0.2) is 35.2 Å².